The van der Waals surface area contributed by atoms with Crippen LogP contribution in [0.4, 0.5) is 13.2 Å². The molecule has 1 atom stereocenters. The topological polar surface area (TPSA) is 21.3 Å². The van der Waals surface area contributed by atoms with Gasteiger partial charge in [-0.1, -0.05) is 20.8 Å². The quantitative estimate of drug-likeness (QED) is 0.744. The Balaban J connectivity index is 4.16. The Morgan fingerprint density at radius 3 is 1.89 bits per heavy atom. The number of alkyl halides is 3. The fourth-order valence-electron chi connectivity index (χ4n) is 1.68. The van der Waals surface area contributed by atoms with Gasteiger partial charge in [0.05, 0.1) is 0 Å². The Morgan fingerprint density at radius 2 is 1.53 bits per heavy atom. The first-order valence-electron chi connectivity index (χ1n) is 6.71. The molecule has 0 aromatic rings. The monoisotopic (exact) mass is 283 g/mol. The Hall–Kier alpha value is -0.290. The number of halogens is 3. The van der Waals surface area contributed by atoms with E-state index in [1.807, 2.05) is 0 Å². The van der Waals surface area contributed by atoms with Crippen LogP contribution in [0.25, 0.3) is 0 Å². The second-order valence-electron chi connectivity index (χ2n) is 7.15. The average molecular weight is 283 g/mol. The summed E-state index contributed by atoms with van der Waals surface area (Å²) in [5, 5.41) is 3.41. The van der Waals surface area contributed by atoms with Crippen molar-refractivity contribution in [1.82, 2.24) is 5.32 Å². The second-order valence-corrected chi connectivity index (χ2v) is 7.15. The van der Waals surface area contributed by atoms with Crippen LogP contribution in [0.1, 0.15) is 48.0 Å². The normalized spacial score (nSPS) is 15.6. The molecule has 0 heterocycles. The minimum Gasteiger partial charge on any atom is -0.372 e. The summed E-state index contributed by atoms with van der Waals surface area (Å²) in [7, 11) is 0. The zero-order chi connectivity index (χ0) is 15.3. The van der Waals surface area contributed by atoms with E-state index < -0.39 is 12.8 Å². The summed E-state index contributed by atoms with van der Waals surface area (Å²) in [5.41, 5.74) is 0.0518. The maximum absolute atomic E-state index is 12.0. The summed E-state index contributed by atoms with van der Waals surface area (Å²) in [6.07, 6.45) is -3.61. The minimum absolute atomic E-state index is 0.0102. The predicted molar refractivity (Wildman–Crippen MR) is 72.2 cm³/mol. The molecule has 0 saturated heterocycles. The van der Waals surface area contributed by atoms with Gasteiger partial charge in [-0.2, -0.15) is 13.2 Å². The van der Waals surface area contributed by atoms with Crippen molar-refractivity contribution in [2.45, 2.75) is 59.7 Å². The van der Waals surface area contributed by atoms with E-state index in [-0.39, 0.29) is 23.5 Å². The molecule has 1 unspecified atom stereocenters. The first kappa shape index (κ1) is 18.7. The lowest BCUT2D eigenvalue weighted by atomic mass is 9.78. The molecule has 19 heavy (non-hydrogen) atoms. The van der Waals surface area contributed by atoms with Gasteiger partial charge in [0.2, 0.25) is 0 Å². The summed E-state index contributed by atoms with van der Waals surface area (Å²) in [4.78, 5) is 0. The molecule has 1 N–H and O–H groups in total. The van der Waals surface area contributed by atoms with Crippen molar-refractivity contribution in [2.24, 2.45) is 11.3 Å². The lowest BCUT2D eigenvalue weighted by Gasteiger charge is -2.34. The fraction of sp³-hybridized carbons (Fsp3) is 1.00. The standard InChI is InChI=1S/C14H28F3NO/c1-12(2,3)11(9-18-13(4,5)6)7-8-19-10-14(15,16)17/h11,18H,7-10H2,1-6H3. The molecule has 116 valence electrons. The van der Waals surface area contributed by atoms with Gasteiger partial charge in [-0.05, 0) is 45.1 Å². The summed E-state index contributed by atoms with van der Waals surface area (Å²) >= 11 is 0. The van der Waals surface area contributed by atoms with Gasteiger partial charge in [-0.15, -0.1) is 0 Å². The third-order valence-electron chi connectivity index (χ3n) is 2.98. The molecular weight excluding hydrogens is 255 g/mol. The predicted octanol–water partition coefficient (Wildman–Crippen LogP) is 4.01. The highest BCUT2D eigenvalue weighted by Gasteiger charge is 2.29. The first-order valence-corrected chi connectivity index (χ1v) is 6.71. The Bertz CT molecular complexity index is 251. The molecule has 0 aliphatic heterocycles. The highest BCUT2D eigenvalue weighted by atomic mass is 19.4. The highest BCUT2D eigenvalue weighted by molar-refractivity contribution is 4.80. The van der Waals surface area contributed by atoms with E-state index in [9.17, 15) is 13.2 Å². The lowest BCUT2D eigenvalue weighted by Crippen LogP contribution is -2.42. The van der Waals surface area contributed by atoms with Gasteiger partial charge < -0.3 is 10.1 Å². The van der Waals surface area contributed by atoms with E-state index in [0.29, 0.717) is 6.42 Å². The molecule has 0 aromatic heterocycles. The molecule has 0 saturated carbocycles. The number of nitrogens with one attached hydrogen (secondary N) is 1. The van der Waals surface area contributed by atoms with Gasteiger partial charge >= 0.3 is 6.18 Å². The smallest absolute Gasteiger partial charge is 0.372 e. The van der Waals surface area contributed by atoms with Crippen LogP contribution >= 0.6 is 0 Å². The third kappa shape index (κ3) is 11.3. The maximum atomic E-state index is 12.0. The molecule has 0 amide bonds. The molecule has 0 aliphatic rings. The molecule has 0 fully saturated rings. The van der Waals surface area contributed by atoms with Crippen LogP contribution in [0.3, 0.4) is 0 Å². The Morgan fingerprint density at radius 1 is 1.00 bits per heavy atom. The zero-order valence-corrected chi connectivity index (χ0v) is 12.9. The molecule has 0 rings (SSSR count). The molecular formula is C14H28F3NO. The van der Waals surface area contributed by atoms with Crippen LogP contribution in [0.2, 0.25) is 0 Å². The van der Waals surface area contributed by atoms with Gasteiger partial charge in [0, 0.05) is 12.1 Å². The molecule has 0 spiro atoms. The first-order chi connectivity index (χ1) is 8.31. The van der Waals surface area contributed by atoms with E-state index in [1.165, 1.54) is 0 Å². The maximum Gasteiger partial charge on any atom is 0.411 e. The van der Waals surface area contributed by atoms with Gasteiger partial charge in [-0.3, -0.25) is 0 Å². The van der Waals surface area contributed by atoms with Crippen LogP contribution in [0.5, 0.6) is 0 Å². The van der Waals surface area contributed by atoms with Gasteiger partial charge in [-0.25, -0.2) is 0 Å². The minimum atomic E-state index is -4.24. The Labute approximate surface area is 115 Å². The van der Waals surface area contributed by atoms with E-state index >= 15 is 0 Å². The molecule has 2 nitrogen and oxygen atoms in total. The van der Waals surface area contributed by atoms with Gasteiger partial charge in [0.1, 0.15) is 6.61 Å². The zero-order valence-electron chi connectivity index (χ0n) is 12.9. The highest BCUT2D eigenvalue weighted by Crippen LogP contribution is 2.29. The van der Waals surface area contributed by atoms with Crippen LogP contribution < -0.4 is 5.32 Å². The summed E-state index contributed by atoms with van der Waals surface area (Å²) in [6.45, 7) is 12.3. The molecule has 0 aromatic carbocycles. The van der Waals surface area contributed by atoms with Crippen LogP contribution in [-0.2, 0) is 4.74 Å². The third-order valence-corrected chi connectivity index (χ3v) is 2.98. The van der Waals surface area contributed by atoms with Crippen molar-refractivity contribution in [3.63, 3.8) is 0 Å². The van der Waals surface area contributed by atoms with E-state index in [2.05, 4.69) is 46.9 Å². The van der Waals surface area contributed by atoms with Crippen LogP contribution in [-0.4, -0.2) is 31.5 Å². The number of rotatable bonds is 6. The number of hydrogen-bond donors (Lipinski definition) is 1. The van der Waals surface area contributed by atoms with E-state index in [1.54, 1.807) is 0 Å². The molecule has 0 aliphatic carbocycles. The summed E-state index contributed by atoms with van der Waals surface area (Å²) in [6, 6.07) is 0. The Kier molecular flexibility index (Phi) is 6.83. The van der Waals surface area contributed by atoms with E-state index in [4.69, 9.17) is 4.74 Å². The van der Waals surface area contributed by atoms with Crippen molar-refractivity contribution in [3.05, 3.63) is 0 Å². The van der Waals surface area contributed by atoms with Crippen molar-refractivity contribution in [2.75, 3.05) is 19.8 Å². The van der Waals surface area contributed by atoms with Crippen molar-refractivity contribution in [1.29, 1.82) is 0 Å². The number of ether oxygens (including phenoxy) is 1. The summed E-state index contributed by atoms with van der Waals surface area (Å²) in [5.74, 6) is 0.278. The van der Waals surface area contributed by atoms with Crippen molar-refractivity contribution >= 4 is 0 Å². The van der Waals surface area contributed by atoms with Crippen molar-refractivity contribution in [3.8, 4) is 0 Å². The fourth-order valence-corrected chi connectivity index (χ4v) is 1.68. The summed E-state index contributed by atoms with van der Waals surface area (Å²) < 4.78 is 40.6. The van der Waals surface area contributed by atoms with Crippen LogP contribution in [0, 0.1) is 11.3 Å². The van der Waals surface area contributed by atoms with Gasteiger partial charge in [0.15, 0.2) is 0 Å². The second kappa shape index (κ2) is 6.93. The van der Waals surface area contributed by atoms with Crippen LogP contribution in [0.15, 0.2) is 0 Å². The lowest BCUT2D eigenvalue weighted by molar-refractivity contribution is -0.175. The van der Waals surface area contributed by atoms with E-state index in [0.717, 1.165) is 6.54 Å². The molecule has 0 radical (unpaired) electrons. The molecule has 0 bridgehead atoms. The van der Waals surface area contributed by atoms with Crippen molar-refractivity contribution < 1.29 is 17.9 Å². The number of hydrogen-bond acceptors (Lipinski definition) is 2. The van der Waals surface area contributed by atoms with Gasteiger partial charge in [0.25, 0.3) is 0 Å². The average Bonchev–Trinajstić information content (AvgIpc) is 2.10. The SMILES string of the molecule is CC(C)(C)NCC(CCOCC(F)(F)F)C(C)(C)C. The molecule has 5 heteroatoms. The largest absolute Gasteiger partial charge is 0.411 e.